The van der Waals surface area contributed by atoms with E-state index in [1.54, 1.807) is 97.1 Å². The lowest BCUT2D eigenvalue weighted by Crippen LogP contribution is -2.52. The number of rotatable bonds is 5. The molecule has 6 nitrogen and oxygen atoms in total. The van der Waals surface area contributed by atoms with Gasteiger partial charge in [0.05, 0.1) is 11.4 Å². The van der Waals surface area contributed by atoms with Crippen LogP contribution in [0.5, 0.6) is 0 Å². The van der Waals surface area contributed by atoms with Gasteiger partial charge < -0.3 is 0 Å². The molecule has 2 amide bonds. The van der Waals surface area contributed by atoms with Crippen molar-refractivity contribution in [1.82, 2.24) is 0 Å². The van der Waals surface area contributed by atoms with Gasteiger partial charge in [0.25, 0.3) is 0 Å². The third-order valence-electron chi connectivity index (χ3n) is 8.36. The molecular weight excluding hydrogens is 572 g/mol. The summed E-state index contributed by atoms with van der Waals surface area (Å²) in [5, 5.41) is 0.447. The molecule has 44 heavy (non-hydrogen) atoms. The van der Waals surface area contributed by atoms with Gasteiger partial charge in [-0.15, -0.1) is 0 Å². The molecule has 214 valence electrons. The lowest BCUT2D eigenvalue weighted by Gasteiger charge is -2.41. The second-order valence-corrected chi connectivity index (χ2v) is 11.3. The topological polar surface area (TPSA) is 74.8 Å². The summed E-state index contributed by atoms with van der Waals surface area (Å²) in [7, 11) is 0. The summed E-state index contributed by atoms with van der Waals surface area (Å²) >= 11 is 6.26. The van der Waals surface area contributed by atoms with E-state index in [4.69, 9.17) is 11.6 Å². The highest BCUT2D eigenvalue weighted by atomic mass is 35.5. The Morgan fingerprint density at radius 1 is 0.477 bits per heavy atom. The van der Waals surface area contributed by atoms with Gasteiger partial charge in [0.1, 0.15) is 11.8 Å². The van der Waals surface area contributed by atoms with E-state index >= 15 is 0 Å². The average Bonchev–Trinajstić information content (AvgIpc) is 3.06. The number of hydrogen-bond donors (Lipinski definition) is 0. The fourth-order valence-electron chi connectivity index (χ4n) is 6.41. The summed E-state index contributed by atoms with van der Waals surface area (Å²) in [6, 6.07) is 38.7. The van der Waals surface area contributed by atoms with Gasteiger partial charge in [-0.1, -0.05) is 84.4 Å². The van der Waals surface area contributed by atoms with Crippen LogP contribution in [0.25, 0.3) is 0 Å². The van der Waals surface area contributed by atoms with Gasteiger partial charge in [-0.05, 0) is 66.2 Å². The molecule has 0 radical (unpaired) electrons. The standard InChI is InChI=1S/C37H25ClN2O4/c38-24-21-19-23(20-22-24)31(32-34(41)27-15-7-9-17-29(27)39(36(32)43)25-11-3-1-4-12-25)33-35(42)28-16-8-10-18-30(28)40(37(33)44)26-13-5-2-6-14-26/h1-22,31-33H/t32-,33-/m0/s1. The summed E-state index contributed by atoms with van der Waals surface area (Å²) in [6.45, 7) is 0. The third kappa shape index (κ3) is 4.43. The quantitative estimate of drug-likeness (QED) is 0.194. The normalized spacial score (nSPS) is 18.0. The Morgan fingerprint density at radius 3 is 1.30 bits per heavy atom. The number of Topliss-reactive ketones (excluding diaryl/α,β-unsaturated/α-hetero) is 2. The molecule has 0 spiro atoms. The van der Waals surface area contributed by atoms with E-state index < -0.39 is 41.1 Å². The fourth-order valence-corrected chi connectivity index (χ4v) is 6.54. The molecular formula is C37H25ClN2O4. The number of hydrogen-bond acceptors (Lipinski definition) is 4. The molecule has 0 aliphatic carbocycles. The molecule has 0 saturated heterocycles. The van der Waals surface area contributed by atoms with E-state index in [-0.39, 0.29) is 0 Å². The minimum absolute atomic E-state index is 0.343. The van der Waals surface area contributed by atoms with E-state index in [9.17, 15) is 19.2 Å². The zero-order valence-corrected chi connectivity index (χ0v) is 24.1. The summed E-state index contributed by atoms with van der Waals surface area (Å²) in [5.41, 5.74) is 3.25. The number of ketones is 2. The highest BCUT2D eigenvalue weighted by molar-refractivity contribution is 6.31. The Kier molecular flexibility index (Phi) is 6.91. The molecule has 2 aliphatic heterocycles. The van der Waals surface area contributed by atoms with Gasteiger partial charge in [0.15, 0.2) is 11.6 Å². The number of benzene rings is 5. The minimum atomic E-state index is -1.37. The number of nitrogens with zero attached hydrogens (tertiary/aromatic N) is 2. The zero-order valence-electron chi connectivity index (χ0n) is 23.3. The van der Waals surface area contributed by atoms with E-state index in [2.05, 4.69) is 0 Å². The number of carbonyl (C=O) groups excluding carboxylic acids is 4. The van der Waals surface area contributed by atoms with Crippen LogP contribution in [-0.2, 0) is 9.59 Å². The Labute approximate surface area is 259 Å². The van der Waals surface area contributed by atoms with Crippen LogP contribution in [0, 0.1) is 11.8 Å². The van der Waals surface area contributed by atoms with Crippen LogP contribution in [0.3, 0.4) is 0 Å². The van der Waals surface area contributed by atoms with Gasteiger partial charge in [0.2, 0.25) is 11.8 Å². The van der Waals surface area contributed by atoms with Crippen LogP contribution in [0.15, 0.2) is 133 Å². The average molecular weight is 597 g/mol. The van der Waals surface area contributed by atoms with Crippen molar-refractivity contribution in [2.75, 3.05) is 9.80 Å². The molecule has 7 heteroatoms. The maximum absolute atomic E-state index is 14.7. The number of halogens is 1. The van der Waals surface area contributed by atoms with Crippen LogP contribution in [0.4, 0.5) is 22.7 Å². The zero-order chi connectivity index (χ0) is 30.4. The monoisotopic (exact) mass is 596 g/mol. The molecule has 7 rings (SSSR count). The molecule has 5 aromatic carbocycles. The number of amides is 2. The molecule has 0 unspecified atom stereocenters. The first kappa shape index (κ1) is 27.5. The second kappa shape index (κ2) is 11.1. The highest BCUT2D eigenvalue weighted by Crippen LogP contribution is 2.48. The van der Waals surface area contributed by atoms with Gasteiger partial charge in [0, 0.05) is 33.4 Å². The summed E-state index contributed by atoms with van der Waals surface area (Å²) < 4.78 is 0. The van der Waals surface area contributed by atoms with Crippen LogP contribution >= 0.6 is 11.6 Å². The predicted octanol–water partition coefficient (Wildman–Crippen LogP) is 7.78. The Balaban J connectivity index is 1.46. The molecule has 0 saturated carbocycles. The number of carbonyl (C=O) groups is 4. The van der Waals surface area contributed by atoms with Crippen LogP contribution in [-0.4, -0.2) is 23.4 Å². The highest BCUT2D eigenvalue weighted by Gasteiger charge is 2.53. The number of fused-ring (bicyclic) bond motifs is 2. The van der Waals surface area contributed by atoms with Gasteiger partial charge in [-0.2, -0.15) is 0 Å². The number of anilines is 4. The molecule has 2 heterocycles. The first-order valence-corrected chi connectivity index (χ1v) is 14.6. The van der Waals surface area contributed by atoms with E-state index in [0.29, 0.717) is 44.5 Å². The summed E-state index contributed by atoms with van der Waals surface area (Å²) in [5.74, 6) is -5.76. The molecule has 0 N–H and O–H groups in total. The predicted molar refractivity (Wildman–Crippen MR) is 170 cm³/mol. The lowest BCUT2D eigenvalue weighted by molar-refractivity contribution is -0.123. The van der Waals surface area contributed by atoms with Crippen molar-refractivity contribution < 1.29 is 19.2 Å². The van der Waals surface area contributed by atoms with Crippen LogP contribution < -0.4 is 9.80 Å². The number of para-hydroxylation sites is 4. The van der Waals surface area contributed by atoms with Crippen molar-refractivity contribution in [2.45, 2.75) is 5.92 Å². The van der Waals surface area contributed by atoms with Crippen molar-refractivity contribution in [1.29, 1.82) is 0 Å². The second-order valence-electron chi connectivity index (χ2n) is 10.8. The molecule has 0 bridgehead atoms. The molecule has 0 aromatic heterocycles. The minimum Gasteiger partial charge on any atom is -0.293 e. The first-order chi connectivity index (χ1) is 21.5. The van der Waals surface area contributed by atoms with E-state index in [0.717, 1.165) is 0 Å². The lowest BCUT2D eigenvalue weighted by atomic mass is 9.68. The van der Waals surface area contributed by atoms with E-state index in [1.165, 1.54) is 9.80 Å². The molecule has 0 fully saturated rings. The van der Waals surface area contributed by atoms with Crippen molar-refractivity contribution in [3.63, 3.8) is 0 Å². The first-order valence-electron chi connectivity index (χ1n) is 14.3. The van der Waals surface area contributed by atoms with Crippen molar-refractivity contribution in [3.8, 4) is 0 Å². The largest absolute Gasteiger partial charge is 0.293 e. The third-order valence-corrected chi connectivity index (χ3v) is 8.61. The van der Waals surface area contributed by atoms with Crippen LogP contribution in [0.1, 0.15) is 32.2 Å². The van der Waals surface area contributed by atoms with Gasteiger partial charge >= 0.3 is 0 Å². The van der Waals surface area contributed by atoms with Crippen molar-refractivity contribution in [2.24, 2.45) is 11.8 Å². The summed E-state index contributed by atoms with van der Waals surface area (Å²) in [6.07, 6.45) is 0. The fraction of sp³-hybridized carbons (Fsp3) is 0.0811. The Bertz CT molecular complexity index is 1810. The van der Waals surface area contributed by atoms with Gasteiger partial charge in [-0.25, -0.2) is 0 Å². The SMILES string of the molecule is O=C1c2ccccc2N(c2ccccc2)C(=O)[C@H]1C(c1ccc(Cl)cc1)[C@H]1C(=O)c2ccccc2N(c2ccccc2)C1=O. The van der Waals surface area contributed by atoms with Gasteiger partial charge in [-0.3, -0.25) is 29.0 Å². The molecule has 5 aromatic rings. The van der Waals surface area contributed by atoms with Crippen molar-refractivity contribution >= 4 is 57.7 Å². The smallest absolute Gasteiger partial charge is 0.243 e. The maximum atomic E-state index is 14.7. The van der Waals surface area contributed by atoms with E-state index in [1.807, 2.05) is 36.4 Å². The Hall–Kier alpha value is -5.33. The van der Waals surface area contributed by atoms with Crippen molar-refractivity contribution in [3.05, 3.63) is 155 Å². The molecule has 2 aliphatic rings. The Morgan fingerprint density at radius 2 is 0.864 bits per heavy atom. The van der Waals surface area contributed by atoms with Crippen LogP contribution in [0.2, 0.25) is 5.02 Å². The molecule has 2 atom stereocenters. The summed E-state index contributed by atoms with van der Waals surface area (Å²) in [4.78, 5) is 61.2. The maximum Gasteiger partial charge on any atom is 0.243 e.